The maximum atomic E-state index is 9.44. The molecule has 0 aliphatic rings. The second kappa shape index (κ2) is 6.17. The zero-order valence-electron chi connectivity index (χ0n) is 13.4. The summed E-state index contributed by atoms with van der Waals surface area (Å²) in [6, 6.07) is 13.2. The predicted octanol–water partition coefficient (Wildman–Crippen LogP) is 5.84. The Morgan fingerprint density at radius 2 is 1.76 bits per heavy atom. The second-order valence-electron chi connectivity index (χ2n) is 6.06. The lowest BCUT2D eigenvalue weighted by molar-refractivity contribution is 0.380. The minimum atomic E-state index is 0.249. The lowest BCUT2D eigenvalue weighted by atomic mass is 9.89. The van der Waals surface area contributed by atoms with Crippen LogP contribution in [0.4, 0.5) is 0 Å². The smallest absolute Gasteiger partial charge is 0.0857 e. The molecule has 0 saturated heterocycles. The summed E-state index contributed by atoms with van der Waals surface area (Å²) in [7, 11) is 0. The van der Waals surface area contributed by atoms with Crippen LogP contribution in [0, 0.1) is 20.8 Å². The lowest BCUT2D eigenvalue weighted by Crippen LogP contribution is -1.99. The van der Waals surface area contributed by atoms with E-state index in [9.17, 15) is 5.11 Å². The topological polar surface area (TPSA) is 20.2 Å². The Labute approximate surface area is 128 Å². The number of allylic oxidation sites excluding steroid dienone is 1. The molecule has 1 heteroatoms. The van der Waals surface area contributed by atoms with Gasteiger partial charge >= 0.3 is 0 Å². The first-order chi connectivity index (χ1) is 9.88. The summed E-state index contributed by atoms with van der Waals surface area (Å²) in [5.41, 5.74) is 7.64. The van der Waals surface area contributed by atoms with Crippen molar-refractivity contribution in [3.8, 4) is 11.1 Å². The predicted molar refractivity (Wildman–Crippen MR) is 90.9 cm³/mol. The zero-order chi connectivity index (χ0) is 15.6. The van der Waals surface area contributed by atoms with E-state index in [0.717, 1.165) is 0 Å². The van der Waals surface area contributed by atoms with Crippen LogP contribution in [0.2, 0.25) is 0 Å². The van der Waals surface area contributed by atoms with E-state index >= 15 is 0 Å². The van der Waals surface area contributed by atoms with Gasteiger partial charge in [0.05, 0.1) is 5.76 Å². The number of rotatable bonds is 4. The van der Waals surface area contributed by atoms with E-state index in [2.05, 4.69) is 70.7 Å². The van der Waals surface area contributed by atoms with Gasteiger partial charge in [-0.2, -0.15) is 0 Å². The Kier molecular flexibility index (Phi) is 4.52. The molecule has 0 bridgehead atoms. The normalized spacial score (nSPS) is 12.2. The van der Waals surface area contributed by atoms with Gasteiger partial charge < -0.3 is 5.11 Å². The van der Waals surface area contributed by atoms with Crippen molar-refractivity contribution < 1.29 is 5.11 Å². The monoisotopic (exact) mass is 280 g/mol. The van der Waals surface area contributed by atoms with E-state index in [4.69, 9.17) is 0 Å². The average molecular weight is 280 g/mol. The summed E-state index contributed by atoms with van der Waals surface area (Å²) in [5, 5.41) is 9.44. The van der Waals surface area contributed by atoms with E-state index < -0.39 is 0 Å². The van der Waals surface area contributed by atoms with E-state index in [1.807, 2.05) is 0 Å². The van der Waals surface area contributed by atoms with Crippen LogP contribution < -0.4 is 0 Å². The van der Waals surface area contributed by atoms with Crippen LogP contribution in [0.3, 0.4) is 0 Å². The first-order valence-electron chi connectivity index (χ1n) is 7.43. The summed E-state index contributed by atoms with van der Waals surface area (Å²) in [6.45, 7) is 12.1. The van der Waals surface area contributed by atoms with Crippen molar-refractivity contribution in [1.29, 1.82) is 0 Å². The molecular formula is C20H24O. The number of aliphatic hydroxyl groups is 1. The van der Waals surface area contributed by atoms with Gasteiger partial charge in [0, 0.05) is 6.42 Å². The number of aryl methyl sites for hydroxylation is 3. The maximum Gasteiger partial charge on any atom is 0.0857 e. The molecule has 2 rings (SSSR count). The van der Waals surface area contributed by atoms with Crippen molar-refractivity contribution in [2.24, 2.45) is 0 Å². The summed E-state index contributed by atoms with van der Waals surface area (Å²) in [6.07, 6.45) is 0.608. The summed E-state index contributed by atoms with van der Waals surface area (Å²) in [4.78, 5) is 0. The molecule has 0 heterocycles. The van der Waals surface area contributed by atoms with E-state index in [1.54, 1.807) is 0 Å². The van der Waals surface area contributed by atoms with Gasteiger partial charge in [0.1, 0.15) is 0 Å². The van der Waals surface area contributed by atoms with Gasteiger partial charge in [-0.05, 0) is 54.5 Å². The van der Waals surface area contributed by atoms with E-state index in [-0.39, 0.29) is 11.7 Å². The molecule has 2 aromatic rings. The highest BCUT2D eigenvalue weighted by Gasteiger charge is 2.12. The number of hydrogen-bond acceptors (Lipinski definition) is 1. The minimum Gasteiger partial charge on any atom is -0.513 e. The lowest BCUT2D eigenvalue weighted by Gasteiger charge is -2.16. The molecule has 1 N–H and O–H groups in total. The molecule has 0 aliphatic carbocycles. The molecular weight excluding hydrogens is 256 g/mol. The SMILES string of the molecule is C=C(O)CC(C)c1cc(-c2ccc(C)cc2C)ccc1C. The molecule has 1 nitrogen and oxygen atoms in total. The largest absolute Gasteiger partial charge is 0.513 e. The van der Waals surface area contributed by atoms with E-state index in [0.29, 0.717) is 6.42 Å². The molecule has 0 saturated carbocycles. The quantitative estimate of drug-likeness (QED) is 0.697. The highest BCUT2D eigenvalue weighted by atomic mass is 16.3. The first kappa shape index (κ1) is 15.4. The molecule has 0 amide bonds. The summed E-state index contributed by atoms with van der Waals surface area (Å²) >= 11 is 0. The van der Waals surface area contributed by atoms with Crippen molar-refractivity contribution >= 4 is 0 Å². The molecule has 110 valence electrons. The maximum absolute atomic E-state index is 9.44. The van der Waals surface area contributed by atoms with Crippen molar-refractivity contribution in [3.63, 3.8) is 0 Å². The van der Waals surface area contributed by atoms with Crippen LogP contribution in [0.1, 0.15) is 41.5 Å². The molecule has 0 fully saturated rings. The van der Waals surface area contributed by atoms with Gasteiger partial charge in [-0.3, -0.25) is 0 Å². The van der Waals surface area contributed by atoms with Crippen LogP contribution in [-0.2, 0) is 0 Å². The fraction of sp³-hybridized carbons (Fsp3) is 0.300. The Hall–Kier alpha value is -2.02. The number of aliphatic hydroxyl groups excluding tert-OH is 1. The van der Waals surface area contributed by atoms with Crippen LogP contribution in [0.5, 0.6) is 0 Å². The molecule has 21 heavy (non-hydrogen) atoms. The molecule has 0 aliphatic heterocycles. The van der Waals surface area contributed by atoms with Crippen LogP contribution in [0.15, 0.2) is 48.7 Å². The van der Waals surface area contributed by atoms with Crippen LogP contribution >= 0.6 is 0 Å². The fourth-order valence-electron chi connectivity index (χ4n) is 2.94. The molecule has 2 aromatic carbocycles. The summed E-state index contributed by atoms with van der Waals surface area (Å²) < 4.78 is 0. The third kappa shape index (κ3) is 3.55. The van der Waals surface area contributed by atoms with E-state index in [1.165, 1.54) is 33.4 Å². The summed E-state index contributed by atoms with van der Waals surface area (Å²) in [5.74, 6) is 0.520. The van der Waals surface area contributed by atoms with Gasteiger partial charge in [0.2, 0.25) is 0 Å². The molecule has 0 radical (unpaired) electrons. The zero-order valence-corrected chi connectivity index (χ0v) is 13.4. The van der Waals surface area contributed by atoms with Crippen molar-refractivity contribution in [3.05, 3.63) is 71.0 Å². The molecule has 1 atom stereocenters. The van der Waals surface area contributed by atoms with Crippen molar-refractivity contribution in [2.45, 2.75) is 40.0 Å². The van der Waals surface area contributed by atoms with Gasteiger partial charge in [0.15, 0.2) is 0 Å². The highest BCUT2D eigenvalue weighted by molar-refractivity contribution is 5.69. The third-order valence-electron chi connectivity index (χ3n) is 4.04. The van der Waals surface area contributed by atoms with Gasteiger partial charge in [0.25, 0.3) is 0 Å². The van der Waals surface area contributed by atoms with Crippen LogP contribution in [-0.4, -0.2) is 5.11 Å². The Morgan fingerprint density at radius 3 is 2.38 bits per heavy atom. The highest BCUT2D eigenvalue weighted by Crippen LogP contribution is 2.31. The molecule has 0 spiro atoms. The van der Waals surface area contributed by atoms with Gasteiger partial charge in [-0.1, -0.05) is 55.5 Å². The van der Waals surface area contributed by atoms with Crippen molar-refractivity contribution in [1.82, 2.24) is 0 Å². The first-order valence-corrected chi connectivity index (χ1v) is 7.43. The fourth-order valence-corrected chi connectivity index (χ4v) is 2.94. The van der Waals surface area contributed by atoms with Gasteiger partial charge in [-0.15, -0.1) is 0 Å². The standard InChI is InChI=1S/C20H24O/c1-13-6-9-19(15(3)10-13)18-8-7-14(2)20(12-18)16(4)11-17(5)21/h6-10,12,16,21H,5,11H2,1-4H3. The molecule has 1 unspecified atom stereocenters. The average Bonchev–Trinajstić information content (AvgIpc) is 2.39. The number of benzene rings is 2. The number of hydrogen-bond donors (Lipinski definition) is 1. The Bertz CT molecular complexity index is 668. The second-order valence-corrected chi connectivity index (χ2v) is 6.06. The molecule has 0 aromatic heterocycles. The van der Waals surface area contributed by atoms with Gasteiger partial charge in [-0.25, -0.2) is 0 Å². The Morgan fingerprint density at radius 1 is 1.05 bits per heavy atom. The van der Waals surface area contributed by atoms with Crippen molar-refractivity contribution in [2.75, 3.05) is 0 Å². The van der Waals surface area contributed by atoms with Crippen LogP contribution in [0.25, 0.3) is 11.1 Å². The minimum absolute atomic E-state index is 0.249. The third-order valence-corrected chi connectivity index (χ3v) is 4.04. The Balaban J connectivity index is 2.45.